The molecule has 25 heavy (non-hydrogen) atoms. The molecule has 0 radical (unpaired) electrons. The molecule has 1 atom stereocenters. The van der Waals surface area contributed by atoms with Gasteiger partial charge in [0.2, 0.25) is 11.7 Å². The van der Waals surface area contributed by atoms with Gasteiger partial charge in [-0.25, -0.2) is 0 Å². The van der Waals surface area contributed by atoms with Gasteiger partial charge < -0.3 is 10.3 Å². The zero-order chi connectivity index (χ0) is 17.3. The summed E-state index contributed by atoms with van der Waals surface area (Å²) in [5, 5.41) is 4.14. The van der Waals surface area contributed by atoms with Crippen molar-refractivity contribution in [1.82, 2.24) is 15.0 Å². The van der Waals surface area contributed by atoms with Crippen LogP contribution in [0.4, 0.5) is 0 Å². The van der Waals surface area contributed by atoms with Gasteiger partial charge in [0.15, 0.2) is 0 Å². The van der Waals surface area contributed by atoms with Crippen molar-refractivity contribution >= 4 is 12.4 Å². The molecule has 1 unspecified atom stereocenters. The van der Waals surface area contributed by atoms with Gasteiger partial charge in [-0.2, -0.15) is 4.98 Å². The van der Waals surface area contributed by atoms with Gasteiger partial charge >= 0.3 is 0 Å². The first-order valence-electron chi connectivity index (χ1n) is 8.76. The number of likely N-dealkylation sites (tertiary alicyclic amines) is 1. The lowest BCUT2D eigenvalue weighted by Crippen LogP contribution is -2.52. The number of nitrogens with two attached hydrogens (primary N) is 1. The smallest absolute Gasteiger partial charge is 0.241 e. The summed E-state index contributed by atoms with van der Waals surface area (Å²) in [7, 11) is 0. The van der Waals surface area contributed by atoms with Crippen LogP contribution in [-0.2, 0) is 6.54 Å². The molecule has 1 aliphatic rings. The third-order valence-electron chi connectivity index (χ3n) is 5.05. The highest BCUT2D eigenvalue weighted by Gasteiger charge is 2.33. The number of halogens is 1. The van der Waals surface area contributed by atoms with Crippen molar-refractivity contribution in [2.75, 3.05) is 13.1 Å². The van der Waals surface area contributed by atoms with Crippen molar-refractivity contribution in [3.05, 3.63) is 35.7 Å². The summed E-state index contributed by atoms with van der Waals surface area (Å²) in [4.78, 5) is 6.91. The summed E-state index contributed by atoms with van der Waals surface area (Å²) in [5.74, 6) is 1.85. The normalized spacial score (nSPS) is 20.5. The van der Waals surface area contributed by atoms with Crippen molar-refractivity contribution in [2.24, 2.45) is 11.1 Å². The molecule has 5 nitrogen and oxygen atoms in total. The number of nitrogens with zero attached hydrogens (tertiary/aromatic N) is 3. The fraction of sp³-hybridized carbons (Fsp3) is 0.579. The largest absolute Gasteiger partial charge is 0.338 e. The third kappa shape index (κ3) is 4.60. The van der Waals surface area contributed by atoms with Gasteiger partial charge in [0.05, 0.1) is 6.54 Å². The van der Waals surface area contributed by atoms with E-state index < -0.39 is 0 Å². The molecule has 1 saturated heterocycles. The van der Waals surface area contributed by atoms with E-state index in [0.717, 1.165) is 25.1 Å². The summed E-state index contributed by atoms with van der Waals surface area (Å²) in [6.07, 6.45) is 1.00. The molecule has 6 heteroatoms. The second kappa shape index (κ2) is 7.85. The zero-order valence-corrected chi connectivity index (χ0v) is 16.3. The minimum atomic E-state index is 0. The molecule has 1 aliphatic heterocycles. The van der Waals surface area contributed by atoms with Crippen LogP contribution in [0.15, 0.2) is 28.8 Å². The summed E-state index contributed by atoms with van der Waals surface area (Å²) in [6, 6.07) is 8.64. The van der Waals surface area contributed by atoms with Gasteiger partial charge in [-0.15, -0.1) is 12.4 Å². The van der Waals surface area contributed by atoms with E-state index in [0.29, 0.717) is 24.2 Å². The summed E-state index contributed by atoms with van der Waals surface area (Å²) in [5.41, 5.74) is 8.63. The second-order valence-corrected chi connectivity index (χ2v) is 7.88. The highest BCUT2D eigenvalue weighted by molar-refractivity contribution is 5.85. The van der Waals surface area contributed by atoms with Crippen molar-refractivity contribution in [3.8, 4) is 11.4 Å². The summed E-state index contributed by atoms with van der Waals surface area (Å²) >= 11 is 0. The lowest BCUT2D eigenvalue weighted by atomic mass is 9.80. The Labute approximate surface area is 156 Å². The van der Waals surface area contributed by atoms with Crippen LogP contribution in [-0.4, -0.2) is 34.2 Å². The summed E-state index contributed by atoms with van der Waals surface area (Å²) in [6.45, 7) is 11.4. The van der Waals surface area contributed by atoms with E-state index in [2.05, 4.69) is 67.0 Å². The van der Waals surface area contributed by atoms with Crippen LogP contribution in [0.3, 0.4) is 0 Å². The molecule has 3 rings (SSSR count). The van der Waals surface area contributed by atoms with Crippen LogP contribution in [0.5, 0.6) is 0 Å². The van der Waals surface area contributed by atoms with E-state index >= 15 is 0 Å². The average molecular weight is 365 g/mol. The SMILES string of the molecule is CC(C)c1ccc(-c2noc(CN3CCC(N)C(C)(C)C3)n2)cc1.Cl. The lowest BCUT2D eigenvalue weighted by Gasteiger charge is -2.42. The number of rotatable bonds is 4. The number of hydrogen-bond acceptors (Lipinski definition) is 5. The van der Waals surface area contributed by atoms with Gasteiger partial charge in [-0.1, -0.05) is 57.1 Å². The molecule has 1 aromatic carbocycles. The Bertz CT molecular complexity index is 681. The Kier molecular flexibility index (Phi) is 6.25. The molecule has 1 fully saturated rings. The fourth-order valence-electron chi connectivity index (χ4n) is 3.26. The number of piperidine rings is 1. The van der Waals surface area contributed by atoms with Gasteiger partial charge in [-0.3, -0.25) is 4.90 Å². The molecule has 2 heterocycles. The molecule has 0 bridgehead atoms. The predicted molar refractivity (Wildman–Crippen MR) is 103 cm³/mol. The molecule has 0 spiro atoms. The van der Waals surface area contributed by atoms with Crippen LogP contribution in [0, 0.1) is 5.41 Å². The Morgan fingerprint density at radius 1 is 1.28 bits per heavy atom. The lowest BCUT2D eigenvalue weighted by molar-refractivity contribution is 0.0811. The van der Waals surface area contributed by atoms with E-state index in [1.807, 2.05) is 0 Å². The van der Waals surface area contributed by atoms with Crippen LogP contribution in [0.25, 0.3) is 11.4 Å². The van der Waals surface area contributed by atoms with E-state index in [9.17, 15) is 0 Å². The molecule has 0 amide bonds. The Balaban J connectivity index is 0.00000225. The van der Waals surface area contributed by atoms with Gasteiger partial charge in [0.25, 0.3) is 0 Å². The van der Waals surface area contributed by atoms with Crippen LogP contribution < -0.4 is 5.73 Å². The molecule has 1 aromatic heterocycles. The average Bonchev–Trinajstić information content (AvgIpc) is 2.99. The quantitative estimate of drug-likeness (QED) is 0.892. The molecular formula is C19H29ClN4O. The van der Waals surface area contributed by atoms with E-state index in [1.165, 1.54) is 5.56 Å². The van der Waals surface area contributed by atoms with Crippen molar-refractivity contribution in [1.29, 1.82) is 0 Å². The minimum absolute atomic E-state index is 0. The molecule has 138 valence electrons. The molecule has 0 aliphatic carbocycles. The highest BCUT2D eigenvalue weighted by atomic mass is 35.5. The van der Waals surface area contributed by atoms with Gasteiger partial charge in [0.1, 0.15) is 0 Å². The van der Waals surface area contributed by atoms with E-state index in [-0.39, 0.29) is 23.9 Å². The molecule has 2 N–H and O–H groups in total. The monoisotopic (exact) mass is 364 g/mol. The maximum atomic E-state index is 6.20. The van der Waals surface area contributed by atoms with Gasteiger partial charge in [0, 0.05) is 24.7 Å². The number of hydrogen-bond donors (Lipinski definition) is 1. The van der Waals surface area contributed by atoms with Crippen molar-refractivity contribution < 1.29 is 4.52 Å². The van der Waals surface area contributed by atoms with Crippen LogP contribution in [0.2, 0.25) is 0 Å². The first-order chi connectivity index (χ1) is 11.3. The van der Waals surface area contributed by atoms with Crippen LogP contribution in [0.1, 0.15) is 51.5 Å². The molecule has 0 saturated carbocycles. The Morgan fingerprint density at radius 2 is 1.96 bits per heavy atom. The van der Waals surface area contributed by atoms with Crippen molar-refractivity contribution in [3.63, 3.8) is 0 Å². The van der Waals surface area contributed by atoms with Gasteiger partial charge in [-0.05, 0) is 23.3 Å². The summed E-state index contributed by atoms with van der Waals surface area (Å²) < 4.78 is 5.46. The molecule has 2 aromatic rings. The van der Waals surface area contributed by atoms with E-state index in [1.54, 1.807) is 0 Å². The van der Waals surface area contributed by atoms with Crippen LogP contribution >= 0.6 is 12.4 Å². The maximum absolute atomic E-state index is 6.20. The number of aromatic nitrogens is 2. The second-order valence-electron chi connectivity index (χ2n) is 7.88. The maximum Gasteiger partial charge on any atom is 0.241 e. The number of benzene rings is 1. The fourth-order valence-corrected chi connectivity index (χ4v) is 3.26. The van der Waals surface area contributed by atoms with E-state index in [4.69, 9.17) is 10.3 Å². The highest BCUT2D eigenvalue weighted by Crippen LogP contribution is 2.28. The van der Waals surface area contributed by atoms with Crippen molar-refractivity contribution in [2.45, 2.75) is 52.6 Å². The third-order valence-corrected chi connectivity index (χ3v) is 5.05. The topological polar surface area (TPSA) is 68.2 Å². The zero-order valence-electron chi connectivity index (χ0n) is 15.5. The molecular weight excluding hydrogens is 336 g/mol. The standard InChI is InChI=1S/C19H28N4O.ClH/c1-13(2)14-5-7-15(8-6-14)18-21-17(24-22-18)11-23-10-9-16(20)19(3,4)12-23;/h5-8,13,16H,9-12,20H2,1-4H3;1H. The Hall–Kier alpha value is -1.43. The predicted octanol–water partition coefficient (Wildman–Crippen LogP) is 3.84. The first-order valence-corrected chi connectivity index (χ1v) is 8.76. The minimum Gasteiger partial charge on any atom is -0.338 e. The first kappa shape index (κ1) is 19.9. The Morgan fingerprint density at radius 3 is 2.56 bits per heavy atom.